The standard InChI is InChI=1S/C20H20BBrN3O/c1-13-11-16(6-4-14-12-15(22)5-7-19(14)26)24-20(13)17(8-9-23)18-3-2-10-25(18)21/h2-7,10-12,24,26H,8-9,23H2,1H3/q+1/b6-4+. The van der Waals surface area contributed by atoms with Crippen molar-refractivity contribution >= 4 is 47.9 Å². The van der Waals surface area contributed by atoms with E-state index in [1.54, 1.807) is 16.6 Å². The monoisotopic (exact) mass is 408 g/mol. The van der Waals surface area contributed by atoms with E-state index in [1.807, 2.05) is 36.6 Å². The number of rotatable bonds is 5. The Balaban J connectivity index is 1.96. The lowest BCUT2D eigenvalue weighted by molar-refractivity contribution is -0.294. The van der Waals surface area contributed by atoms with Crippen LogP contribution in [0.25, 0.3) is 17.7 Å². The highest BCUT2D eigenvalue weighted by atomic mass is 79.9. The van der Waals surface area contributed by atoms with Gasteiger partial charge in [-0.15, -0.1) is 0 Å². The first-order valence-corrected chi connectivity index (χ1v) is 9.14. The summed E-state index contributed by atoms with van der Waals surface area (Å²) >= 11 is 3.42. The van der Waals surface area contributed by atoms with E-state index in [1.165, 1.54) is 0 Å². The number of benzene rings is 1. The largest absolute Gasteiger partial charge is 0.586 e. The highest BCUT2D eigenvalue weighted by molar-refractivity contribution is 9.10. The highest BCUT2D eigenvalue weighted by Crippen LogP contribution is 2.28. The first-order valence-electron chi connectivity index (χ1n) is 8.35. The number of aromatic hydroxyl groups is 1. The van der Waals surface area contributed by atoms with Crippen molar-refractivity contribution in [3.63, 3.8) is 0 Å². The molecule has 130 valence electrons. The lowest BCUT2D eigenvalue weighted by atomic mass is 10.0. The van der Waals surface area contributed by atoms with Crippen LogP contribution in [0, 0.1) is 6.92 Å². The van der Waals surface area contributed by atoms with E-state index in [2.05, 4.69) is 33.9 Å². The van der Waals surface area contributed by atoms with E-state index in [0.717, 1.165) is 44.7 Å². The van der Waals surface area contributed by atoms with Crippen LogP contribution in [0.2, 0.25) is 0 Å². The number of hydrogen-bond acceptors (Lipinski definition) is 2. The number of hydrogen-bond donors (Lipinski definition) is 3. The predicted molar refractivity (Wildman–Crippen MR) is 112 cm³/mol. The smallest absolute Gasteiger partial charge is 0.507 e. The van der Waals surface area contributed by atoms with E-state index in [-0.39, 0.29) is 5.75 Å². The minimum atomic E-state index is 0.240. The number of allylic oxidation sites excluding steroid dienone is 2. The molecule has 2 heterocycles. The van der Waals surface area contributed by atoms with E-state index in [4.69, 9.17) is 13.7 Å². The van der Waals surface area contributed by atoms with Crippen molar-refractivity contribution < 1.29 is 9.59 Å². The molecule has 2 aromatic rings. The van der Waals surface area contributed by atoms with Gasteiger partial charge in [0.05, 0.1) is 5.69 Å². The van der Waals surface area contributed by atoms with E-state index < -0.39 is 0 Å². The number of aromatic amines is 1. The quantitative estimate of drug-likeness (QED) is 0.659. The Bertz CT molecular complexity index is 954. The molecular formula is C20H20BBrN3O+. The van der Waals surface area contributed by atoms with Crippen molar-refractivity contribution in [1.29, 1.82) is 0 Å². The van der Waals surface area contributed by atoms with Gasteiger partial charge in [-0.1, -0.05) is 15.9 Å². The number of nitrogens with zero attached hydrogens (tertiary/aromatic N) is 1. The predicted octanol–water partition coefficient (Wildman–Crippen LogP) is 3.76. The Kier molecular flexibility index (Phi) is 5.64. The van der Waals surface area contributed by atoms with Crippen LogP contribution in [0.4, 0.5) is 0 Å². The van der Waals surface area contributed by atoms with Crippen LogP contribution in [0.5, 0.6) is 5.75 Å². The van der Waals surface area contributed by atoms with E-state index in [9.17, 15) is 5.11 Å². The zero-order valence-corrected chi connectivity index (χ0v) is 16.1. The molecule has 0 saturated carbocycles. The van der Waals surface area contributed by atoms with Crippen LogP contribution in [0.15, 0.2) is 46.6 Å². The molecule has 26 heavy (non-hydrogen) atoms. The second-order valence-corrected chi connectivity index (χ2v) is 7.05. The van der Waals surface area contributed by atoms with Gasteiger partial charge >= 0.3 is 7.98 Å². The summed E-state index contributed by atoms with van der Waals surface area (Å²) in [5.41, 5.74) is 11.7. The van der Waals surface area contributed by atoms with Crippen LogP contribution in [0.1, 0.15) is 28.9 Å². The molecule has 1 aliphatic rings. The molecule has 0 unspecified atom stereocenters. The molecule has 4 nitrogen and oxygen atoms in total. The highest BCUT2D eigenvalue weighted by Gasteiger charge is 2.20. The number of nitrogens with two attached hydrogens (primary N) is 1. The number of nitrogens with one attached hydrogen (secondary N) is 1. The fourth-order valence-corrected chi connectivity index (χ4v) is 3.38. The van der Waals surface area contributed by atoms with Crippen LogP contribution in [0.3, 0.4) is 0 Å². The normalized spacial score (nSPS) is 15.7. The molecule has 1 aromatic carbocycles. The Hall–Kier alpha value is -2.31. The molecule has 0 bridgehead atoms. The lowest BCUT2D eigenvalue weighted by Gasteiger charge is -2.07. The minimum Gasteiger partial charge on any atom is -0.507 e. The van der Waals surface area contributed by atoms with Gasteiger partial charge in [-0.2, -0.15) is 0 Å². The summed E-state index contributed by atoms with van der Waals surface area (Å²) in [6.07, 6.45) is 10.3. The number of phenolic OH excluding ortho intramolecular Hbond substituents is 1. The molecule has 3 rings (SSSR count). The molecule has 0 fully saturated rings. The summed E-state index contributed by atoms with van der Waals surface area (Å²) in [4.78, 5) is 3.44. The molecule has 0 atom stereocenters. The third-order valence-corrected chi connectivity index (χ3v) is 4.75. The third kappa shape index (κ3) is 3.92. The van der Waals surface area contributed by atoms with E-state index in [0.29, 0.717) is 6.54 Å². The molecule has 1 aliphatic heterocycles. The summed E-state index contributed by atoms with van der Waals surface area (Å²) in [5, 5.41) is 9.97. The number of halogens is 1. The first kappa shape index (κ1) is 18.5. The van der Waals surface area contributed by atoms with Crippen LogP contribution in [-0.2, 0) is 0 Å². The van der Waals surface area contributed by atoms with Gasteiger partial charge in [0.25, 0.3) is 0 Å². The van der Waals surface area contributed by atoms with Crippen molar-refractivity contribution in [2.45, 2.75) is 13.3 Å². The summed E-state index contributed by atoms with van der Waals surface area (Å²) in [6.45, 7) is 2.59. The average Bonchev–Trinajstić information content (AvgIpc) is 3.19. The van der Waals surface area contributed by atoms with Gasteiger partial charge in [-0.3, -0.25) is 4.49 Å². The summed E-state index contributed by atoms with van der Waals surface area (Å²) in [5.74, 6) is 0.240. The van der Waals surface area contributed by atoms with Gasteiger partial charge in [0.15, 0.2) is 5.70 Å². The topological polar surface area (TPSA) is 65.0 Å². The van der Waals surface area contributed by atoms with Crippen molar-refractivity contribution in [3.8, 4) is 5.75 Å². The summed E-state index contributed by atoms with van der Waals surface area (Å²) < 4.78 is 2.53. The molecule has 0 saturated heterocycles. The average molecular weight is 409 g/mol. The maximum Gasteiger partial charge on any atom is 0.586 e. The number of aryl methyl sites for hydroxylation is 1. The van der Waals surface area contributed by atoms with Gasteiger partial charge in [0, 0.05) is 33.5 Å². The SMILES string of the molecule is [B][N+]1=CC=CC1=C(CCN)c1[nH]c(/C=C/c2cc(Br)ccc2O)cc1C. The van der Waals surface area contributed by atoms with Crippen LogP contribution in [-0.4, -0.2) is 35.3 Å². The lowest BCUT2D eigenvalue weighted by Crippen LogP contribution is -2.09. The van der Waals surface area contributed by atoms with Crippen molar-refractivity contribution in [1.82, 2.24) is 4.98 Å². The zero-order chi connectivity index (χ0) is 18.7. The molecule has 2 radical (unpaired) electrons. The molecule has 0 aliphatic carbocycles. The zero-order valence-electron chi connectivity index (χ0n) is 14.5. The van der Waals surface area contributed by atoms with Crippen molar-refractivity contribution in [2.75, 3.05) is 6.54 Å². The van der Waals surface area contributed by atoms with Gasteiger partial charge in [-0.05, 0) is 61.9 Å². The number of H-pyrrole nitrogens is 1. The molecule has 0 spiro atoms. The molecular weight excluding hydrogens is 389 g/mol. The van der Waals surface area contributed by atoms with Gasteiger partial charge in [0.1, 0.15) is 12.0 Å². The summed E-state index contributed by atoms with van der Waals surface area (Å²) in [6, 6.07) is 7.41. The van der Waals surface area contributed by atoms with Gasteiger partial charge < -0.3 is 15.8 Å². The first-order chi connectivity index (χ1) is 12.5. The van der Waals surface area contributed by atoms with Gasteiger partial charge in [-0.25, -0.2) is 0 Å². The fraction of sp³-hybridized carbons (Fsp3) is 0.150. The summed E-state index contributed by atoms with van der Waals surface area (Å²) in [7, 11) is 6.03. The second kappa shape index (κ2) is 7.93. The van der Waals surface area contributed by atoms with E-state index >= 15 is 0 Å². The van der Waals surface area contributed by atoms with Crippen molar-refractivity contribution in [3.05, 3.63) is 69.1 Å². The minimum absolute atomic E-state index is 0.240. The maximum atomic E-state index is 9.97. The second-order valence-electron chi connectivity index (χ2n) is 6.14. The molecule has 0 amide bonds. The molecule has 6 heteroatoms. The Morgan fingerprint density at radius 1 is 1.35 bits per heavy atom. The number of aromatic nitrogens is 1. The van der Waals surface area contributed by atoms with Crippen LogP contribution < -0.4 is 5.73 Å². The van der Waals surface area contributed by atoms with Gasteiger partial charge in [0.2, 0.25) is 0 Å². The Morgan fingerprint density at radius 2 is 2.15 bits per heavy atom. The molecule has 4 N–H and O–H groups in total. The third-order valence-electron chi connectivity index (χ3n) is 4.25. The fourth-order valence-electron chi connectivity index (χ4n) is 3.00. The number of phenols is 1. The van der Waals surface area contributed by atoms with Crippen molar-refractivity contribution in [2.24, 2.45) is 5.73 Å². The maximum absolute atomic E-state index is 9.97. The van der Waals surface area contributed by atoms with Crippen LogP contribution >= 0.6 is 15.9 Å². The Labute approximate surface area is 163 Å². The Morgan fingerprint density at radius 3 is 2.85 bits per heavy atom. The molecule has 1 aromatic heterocycles.